The first-order chi connectivity index (χ1) is 5.66. The fourth-order valence-corrected chi connectivity index (χ4v) is 1.85. The number of likely N-dealkylation sites (tertiary alicyclic amines) is 1. The predicted octanol–water partition coefficient (Wildman–Crippen LogP) is 1.61. The van der Waals surface area contributed by atoms with Crippen molar-refractivity contribution in [3.63, 3.8) is 0 Å². The van der Waals surface area contributed by atoms with Crippen LogP contribution in [-0.2, 0) is 4.79 Å². The lowest BCUT2D eigenvalue weighted by Crippen LogP contribution is -2.39. The highest BCUT2D eigenvalue weighted by Crippen LogP contribution is 2.20. The summed E-state index contributed by atoms with van der Waals surface area (Å²) in [7, 11) is 0. The summed E-state index contributed by atoms with van der Waals surface area (Å²) in [4.78, 5) is 13.6. The summed E-state index contributed by atoms with van der Waals surface area (Å²) in [6, 6.07) is 0.587. The van der Waals surface area contributed by atoms with Gasteiger partial charge >= 0.3 is 0 Å². The molecular formula is C10H17NO. The Morgan fingerprint density at radius 1 is 1.67 bits per heavy atom. The van der Waals surface area contributed by atoms with Crippen LogP contribution < -0.4 is 0 Å². The Labute approximate surface area is 74.2 Å². The number of hydrogen-bond donors (Lipinski definition) is 0. The van der Waals surface area contributed by atoms with Crippen molar-refractivity contribution in [1.29, 1.82) is 0 Å². The van der Waals surface area contributed by atoms with Gasteiger partial charge in [-0.1, -0.05) is 6.58 Å². The quantitative estimate of drug-likeness (QED) is 0.595. The van der Waals surface area contributed by atoms with Crippen molar-refractivity contribution < 1.29 is 4.79 Å². The molecule has 0 N–H and O–H groups in total. The number of carbonyl (C=O) groups is 1. The van der Waals surface area contributed by atoms with Gasteiger partial charge in [-0.05, 0) is 39.3 Å². The third-order valence-electron chi connectivity index (χ3n) is 2.49. The van der Waals surface area contributed by atoms with Crippen molar-refractivity contribution >= 4 is 5.78 Å². The lowest BCUT2D eigenvalue weighted by atomic mass is 10.1. The summed E-state index contributed by atoms with van der Waals surface area (Å²) in [5, 5.41) is 0. The van der Waals surface area contributed by atoms with Crippen LogP contribution in [0.2, 0.25) is 0 Å². The third-order valence-corrected chi connectivity index (χ3v) is 2.49. The van der Waals surface area contributed by atoms with Gasteiger partial charge in [0.2, 0.25) is 0 Å². The van der Waals surface area contributed by atoms with Crippen LogP contribution in [0.25, 0.3) is 0 Å². The molecule has 1 aliphatic heterocycles. The maximum atomic E-state index is 11.4. The molecule has 1 unspecified atom stereocenters. The van der Waals surface area contributed by atoms with Crippen LogP contribution in [0.1, 0.15) is 26.7 Å². The average molecular weight is 167 g/mol. The van der Waals surface area contributed by atoms with Gasteiger partial charge in [-0.15, -0.1) is 0 Å². The van der Waals surface area contributed by atoms with Crippen LogP contribution in [0.15, 0.2) is 12.7 Å². The first kappa shape index (κ1) is 9.46. The molecule has 1 rings (SSSR count). The zero-order valence-electron chi connectivity index (χ0n) is 7.92. The van der Waals surface area contributed by atoms with E-state index in [4.69, 9.17) is 0 Å². The molecule has 1 fully saturated rings. The van der Waals surface area contributed by atoms with Gasteiger partial charge in [0.25, 0.3) is 0 Å². The Hall–Kier alpha value is -0.630. The van der Waals surface area contributed by atoms with Gasteiger partial charge in [-0.25, -0.2) is 0 Å². The Bertz CT molecular complexity index is 186. The van der Waals surface area contributed by atoms with Gasteiger partial charge in [0.05, 0.1) is 6.04 Å². The van der Waals surface area contributed by atoms with Gasteiger partial charge in [0.15, 0.2) is 5.78 Å². The summed E-state index contributed by atoms with van der Waals surface area (Å²) < 4.78 is 0. The van der Waals surface area contributed by atoms with E-state index >= 15 is 0 Å². The van der Waals surface area contributed by atoms with Gasteiger partial charge in [-0.2, -0.15) is 0 Å². The van der Waals surface area contributed by atoms with Crippen LogP contribution in [0.4, 0.5) is 0 Å². The molecule has 0 saturated carbocycles. The van der Waals surface area contributed by atoms with Crippen LogP contribution in [0, 0.1) is 0 Å². The molecule has 0 aromatic carbocycles. The highest BCUT2D eigenvalue weighted by molar-refractivity contribution is 5.94. The van der Waals surface area contributed by atoms with Gasteiger partial charge < -0.3 is 0 Å². The predicted molar refractivity (Wildman–Crippen MR) is 50.1 cm³/mol. The van der Waals surface area contributed by atoms with Crippen LogP contribution in [-0.4, -0.2) is 29.3 Å². The summed E-state index contributed by atoms with van der Waals surface area (Å²) in [6.07, 6.45) is 3.59. The smallest absolute Gasteiger partial charge is 0.172 e. The molecule has 1 aliphatic rings. The molecule has 1 saturated heterocycles. The number of rotatable bonds is 3. The summed E-state index contributed by atoms with van der Waals surface area (Å²) >= 11 is 0. The van der Waals surface area contributed by atoms with Crippen LogP contribution >= 0.6 is 0 Å². The van der Waals surface area contributed by atoms with E-state index in [1.165, 1.54) is 6.08 Å². The maximum Gasteiger partial charge on any atom is 0.172 e. The lowest BCUT2D eigenvalue weighted by Gasteiger charge is -2.26. The number of carbonyl (C=O) groups excluding carboxylic acids is 1. The van der Waals surface area contributed by atoms with E-state index in [9.17, 15) is 4.79 Å². The molecule has 0 spiro atoms. The second-order valence-electron chi connectivity index (χ2n) is 3.60. The van der Waals surface area contributed by atoms with Crippen molar-refractivity contribution in [2.24, 2.45) is 0 Å². The Kier molecular flexibility index (Phi) is 3.04. The highest BCUT2D eigenvalue weighted by atomic mass is 16.1. The Morgan fingerprint density at radius 2 is 2.33 bits per heavy atom. The SMILES string of the molecule is C=CC(=O)C1CCCN1C(C)C. The van der Waals surface area contributed by atoms with Crippen LogP contribution in [0.3, 0.4) is 0 Å². The number of hydrogen-bond acceptors (Lipinski definition) is 2. The summed E-state index contributed by atoms with van der Waals surface area (Å²) in [5.74, 6) is 0.182. The molecule has 0 aromatic rings. The second-order valence-corrected chi connectivity index (χ2v) is 3.60. The summed E-state index contributed by atoms with van der Waals surface area (Å²) in [5.41, 5.74) is 0. The van der Waals surface area contributed by atoms with Crippen LogP contribution in [0.5, 0.6) is 0 Å². The fourth-order valence-electron chi connectivity index (χ4n) is 1.85. The molecule has 0 radical (unpaired) electrons. The van der Waals surface area contributed by atoms with E-state index in [0.29, 0.717) is 6.04 Å². The molecule has 12 heavy (non-hydrogen) atoms. The Balaban J connectivity index is 2.63. The minimum atomic E-state index is 0.113. The summed E-state index contributed by atoms with van der Waals surface area (Å²) in [6.45, 7) is 8.85. The van der Waals surface area contributed by atoms with Crippen molar-refractivity contribution in [3.05, 3.63) is 12.7 Å². The monoisotopic (exact) mass is 167 g/mol. The molecule has 0 aliphatic carbocycles. The minimum absolute atomic E-state index is 0.113. The molecule has 68 valence electrons. The molecule has 0 aromatic heterocycles. The minimum Gasteiger partial charge on any atom is -0.293 e. The molecule has 0 amide bonds. The zero-order valence-corrected chi connectivity index (χ0v) is 7.92. The normalized spacial score (nSPS) is 24.8. The van der Waals surface area contributed by atoms with Gasteiger partial charge in [0.1, 0.15) is 0 Å². The maximum absolute atomic E-state index is 11.4. The van der Waals surface area contributed by atoms with E-state index in [1.807, 2.05) is 0 Å². The van der Waals surface area contributed by atoms with Gasteiger partial charge in [0, 0.05) is 6.04 Å². The number of nitrogens with zero attached hydrogens (tertiary/aromatic N) is 1. The first-order valence-corrected chi connectivity index (χ1v) is 4.59. The highest BCUT2D eigenvalue weighted by Gasteiger charge is 2.30. The Morgan fingerprint density at radius 3 is 2.83 bits per heavy atom. The lowest BCUT2D eigenvalue weighted by molar-refractivity contribution is -0.119. The van der Waals surface area contributed by atoms with Crippen molar-refractivity contribution in [2.75, 3.05) is 6.54 Å². The molecule has 0 bridgehead atoms. The average Bonchev–Trinajstić information content (AvgIpc) is 2.50. The molecular weight excluding hydrogens is 150 g/mol. The molecule has 2 nitrogen and oxygen atoms in total. The second kappa shape index (κ2) is 3.85. The molecule has 2 heteroatoms. The van der Waals surface area contributed by atoms with Gasteiger partial charge in [-0.3, -0.25) is 9.69 Å². The van der Waals surface area contributed by atoms with E-state index < -0.39 is 0 Å². The number of ketones is 1. The third kappa shape index (κ3) is 1.75. The topological polar surface area (TPSA) is 20.3 Å². The van der Waals surface area contributed by atoms with Crippen molar-refractivity contribution in [1.82, 2.24) is 4.90 Å². The van der Waals surface area contributed by atoms with Crippen molar-refractivity contribution in [3.8, 4) is 0 Å². The van der Waals surface area contributed by atoms with E-state index in [1.54, 1.807) is 0 Å². The molecule has 1 heterocycles. The molecule has 1 atom stereocenters. The van der Waals surface area contributed by atoms with E-state index in [2.05, 4.69) is 25.3 Å². The largest absolute Gasteiger partial charge is 0.293 e. The standard InChI is InChI=1S/C10H17NO/c1-4-10(12)9-6-5-7-11(9)8(2)3/h4,8-9H,1,5-7H2,2-3H3. The van der Waals surface area contributed by atoms with E-state index in [-0.39, 0.29) is 11.8 Å². The fraction of sp³-hybridized carbons (Fsp3) is 0.700. The zero-order chi connectivity index (χ0) is 9.14. The first-order valence-electron chi connectivity index (χ1n) is 4.59. The van der Waals surface area contributed by atoms with Crippen molar-refractivity contribution in [2.45, 2.75) is 38.8 Å². The van der Waals surface area contributed by atoms with E-state index in [0.717, 1.165) is 19.4 Å².